The second-order valence-electron chi connectivity index (χ2n) is 9.34. The minimum absolute atomic E-state index is 0.0517. The normalized spacial score (nSPS) is 25.0. The Morgan fingerprint density at radius 2 is 1.86 bits per heavy atom. The summed E-state index contributed by atoms with van der Waals surface area (Å²) in [5.74, 6) is 0. The van der Waals surface area contributed by atoms with Crippen LogP contribution in [-0.4, -0.2) is 41.3 Å². The largest absolute Gasteiger partial charge is 0.444 e. The van der Waals surface area contributed by atoms with Crippen molar-refractivity contribution in [1.82, 2.24) is 10.2 Å². The zero-order chi connectivity index (χ0) is 16.6. The van der Waals surface area contributed by atoms with Gasteiger partial charge in [0.05, 0.1) is 0 Å². The molecule has 2 fully saturated rings. The first-order chi connectivity index (χ1) is 10.0. The van der Waals surface area contributed by atoms with Crippen molar-refractivity contribution >= 4 is 6.09 Å². The van der Waals surface area contributed by atoms with Gasteiger partial charge in [-0.1, -0.05) is 20.8 Å². The number of piperidine rings is 1. The Balaban J connectivity index is 1.97. The van der Waals surface area contributed by atoms with E-state index in [0.29, 0.717) is 11.5 Å². The van der Waals surface area contributed by atoms with E-state index in [1.807, 2.05) is 25.7 Å². The molecule has 1 amide bonds. The summed E-state index contributed by atoms with van der Waals surface area (Å²) >= 11 is 0. The van der Waals surface area contributed by atoms with Gasteiger partial charge in [0.15, 0.2) is 0 Å². The van der Waals surface area contributed by atoms with Crippen LogP contribution in [-0.2, 0) is 4.74 Å². The molecule has 0 aromatic carbocycles. The Hall–Kier alpha value is -0.770. The van der Waals surface area contributed by atoms with E-state index >= 15 is 0 Å². The van der Waals surface area contributed by atoms with Crippen LogP contribution in [0.25, 0.3) is 0 Å². The van der Waals surface area contributed by atoms with Crippen molar-refractivity contribution in [2.75, 3.05) is 13.1 Å². The van der Waals surface area contributed by atoms with Crippen LogP contribution in [0, 0.1) is 5.41 Å². The van der Waals surface area contributed by atoms with Gasteiger partial charge >= 0.3 is 6.09 Å². The van der Waals surface area contributed by atoms with Gasteiger partial charge < -0.3 is 15.0 Å². The van der Waals surface area contributed by atoms with Gasteiger partial charge in [0.25, 0.3) is 0 Å². The van der Waals surface area contributed by atoms with Crippen LogP contribution < -0.4 is 5.32 Å². The first-order valence-electron chi connectivity index (χ1n) is 8.75. The number of nitrogens with one attached hydrogen (secondary N) is 1. The van der Waals surface area contributed by atoms with Gasteiger partial charge in [0.2, 0.25) is 0 Å². The Bertz CT molecular complexity index is 402. The van der Waals surface area contributed by atoms with E-state index in [9.17, 15) is 4.79 Å². The molecule has 1 atom stereocenters. The second-order valence-corrected chi connectivity index (χ2v) is 9.34. The van der Waals surface area contributed by atoms with Gasteiger partial charge in [-0.2, -0.15) is 0 Å². The van der Waals surface area contributed by atoms with Gasteiger partial charge in [0, 0.05) is 24.7 Å². The van der Waals surface area contributed by atoms with Gasteiger partial charge in [-0.15, -0.1) is 0 Å². The molecule has 0 radical (unpaired) electrons. The lowest BCUT2D eigenvalue weighted by molar-refractivity contribution is -0.0497. The van der Waals surface area contributed by atoms with Gasteiger partial charge in [-0.05, 0) is 58.3 Å². The molecule has 128 valence electrons. The molecule has 0 bridgehead atoms. The summed E-state index contributed by atoms with van der Waals surface area (Å²) in [6.45, 7) is 14.4. The summed E-state index contributed by atoms with van der Waals surface area (Å²) in [5.41, 5.74) is -0.0609. The molecular formula is C18H34N2O2. The van der Waals surface area contributed by atoms with E-state index in [0.717, 1.165) is 38.8 Å². The number of hydrogen-bond donors (Lipinski definition) is 1. The topological polar surface area (TPSA) is 41.6 Å². The van der Waals surface area contributed by atoms with Gasteiger partial charge in [-0.3, -0.25) is 0 Å². The van der Waals surface area contributed by atoms with Crippen LogP contribution in [0.15, 0.2) is 0 Å². The number of rotatable bonds is 2. The Morgan fingerprint density at radius 3 is 2.32 bits per heavy atom. The number of carbonyl (C=O) groups excluding carboxylic acids is 1. The fourth-order valence-corrected chi connectivity index (χ4v) is 3.48. The van der Waals surface area contributed by atoms with E-state index in [1.165, 1.54) is 6.42 Å². The highest BCUT2D eigenvalue weighted by Gasteiger charge is 2.49. The maximum Gasteiger partial charge on any atom is 0.410 e. The average molecular weight is 310 g/mol. The van der Waals surface area contributed by atoms with Crippen molar-refractivity contribution in [2.24, 2.45) is 5.41 Å². The third-order valence-corrected chi connectivity index (χ3v) is 4.72. The third-order valence-electron chi connectivity index (χ3n) is 4.72. The maximum absolute atomic E-state index is 12.5. The van der Waals surface area contributed by atoms with E-state index in [1.54, 1.807) is 0 Å². The number of amides is 1. The molecular weight excluding hydrogens is 276 g/mol. The Kier molecular flexibility index (Phi) is 4.82. The van der Waals surface area contributed by atoms with Crippen molar-refractivity contribution < 1.29 is 9.53 Å². The zero-order valence-electron chi connectivity index (χ0n) is 15.3. The van der Waals surface area contributed by atoms with Crippen molar-refractivity contribution in [3.8, 4) is 0 Å². The van der Waals surface area contributed by atoms with Crippen LogP contribution in [0.3, 0.4) is 0 Å². The van der Waals surface area contributed by atoms with E-state index in [-0.39, 0.29) is 11.6 Å². The summed E-state index contributed by atoms with van der Waals surface area (Å²) in [4.78, 5) is 14.6. The zero-order valence-corrected chi connectivity index (χ0v) is 15.3. The Labute approximate surface area is 136 Å². The highest BCUT2D eigenvalue weighted by Crippen LogP contribution is 2.45. The number of nitrogens with zero attached hydrogens (tertiary/aromatic N) is 1. The molecule has 0 aromatic rings. The molecule has 0 aromatic heterocycles. The van der Waals surface area contributed by atoms with Gasteiger partial charge in [0.1, 0.15) is 5.60 Å². The minimum atomic E-state index is -0.413. The molecule has 2 rings (SSSR count). The third kappa shape index (κ3) is 4.37. The lowest BCUT2D eigenvalue weighted by atomic mass is 9.69. The number of hydrogen-bond acceptors (Lipinski definition) is 3. The molecule has 1 saturated carbocycles. The lowest BCUT2D eigenvalue weighted by Gasteiger charge is -2.55. The van der Waals surface area contributed by atoms with Crippen LogP contribution in [0.4, 0.5) is 4.79 Å². The van der Waals surface area contributed by atoms with Crippen molar-refractivity contribution in [2.45, 2.75) is 90.8 Å². The molecule has 1 aliphatic carbocycles. The number of likely N-dealkylation sites (tertiary alicyclic amines) is 1. The predicted molar refractivity (Wildman–Crippen MR) is 90.0 cm³/mol. The number of ether oxygens (including phenoxy) is 1. The first kappa shape index (κ1) is 17.6. The van der Waals surface area contributed by atoms with E-state index in [2.05, 4.69) is 26.1 Å². The van der Waals surface area contributed by atoms with Crippen molar-refractivity contribution in [3.63, 3.8) is 0 Å². The van der Waals surface area contributed by atoms with Crippen molar-refractivity contribution in [3.05, 3.63) is 0 Å². The number of carbonyl (C=O) groups is 1. The lowest BCUT2D eigenvalue weighted by Crippen LogP contribution is -2.63. The molecule has 1 saturated heterocycles. The van der Waals surface area contributed by atoms with Crippen LogP contribution >= 0.6 is 0 Å². The summed E-state index contributed by atoms with van der Waals surface area (Å²) in [5, 5.41) is 3.71. The molecule has 1 spiro atoms. The Morgan fingerprint density at radius 1 is 1.23 bits per heavy atom. The summed E-state index contributed by atoms with van der Waals surface area (Å²) in [6.07, 6.45) is 5.45. The van der Waals surface area contributed by atoms with Crippen LogP contribution in [0.5, 0.6) is 0 Å². The SMILES string of the molecule is CC(C)(C)CNC1CCN(C(=O)OC(C)(C)C)C2(CCC2)C1. The second kappa shape index (κ2) is 6.03. The van der Waals surface area contributed by atoms with E-state index in [4.69, 9.17) is 4.74 Å². The summed E-state index contributed by atoms with van der Waals surface area (Å²) in [6, 6.07) is 0.526. The molecule has 1 heterocycles. The smallest absolute Gasteiger partial charge is 0.410 e. The quantitative estimate of drug-likeness (QED) is 0.840. The fourth-order valence-electron chi connectivity index (χ4n) is 3.48. The molecule has 2 aliphatic rings. The van der Waals surface area contributed by atoms with Crippen LogP contribution in [0.1, 0.15) is 73.6 Å². The molecule has 4 heteroatoms. The monoisotopic (exact) mass is 310 g/mol. The fraction of sp³-hybridized carbons (Fsp3) is 0.944. The van der Waals surface area contributed by atoms with Gasteiger partial charge in [-0.25, -0.2) is 4.79 Å². The summed E-state index contributed by atoms with van der Waals surface area (Å²) < 4.78 is 5.62. The minimum Gasteiger partial charge on any atom is -0.444 e. The van der Waals surface area contributed by atoms with Crippen LogP contribution in [0.2, 0.25) is 0 Å². The average Bonchev–Trinajstić information content (AvgIpc) is 2.31. The molecule has 1 aliphatic heterocycles. The highest BCUT2D eigenvalue weighted by molar-refractivity contribution is 5.69. The first-order valence-corrected chi connectivity index (χ1v) is 8.75. The maximum atomic E-state index is 12.5. The standard InChI is InChI=1S/C18H34N2O2/c1-16(2,3)13-19-14-8-11-20(15(21)22-17(4,5)6)18(12-14)9-7-10-18/h14,19H,7-13H2,1-6H3. The van der Waals surface area contributed by atoms with Crippen molar-refractivity contribution in [1.29, 1.82) is 0 Å². The molecule has 4 nitrogen and oxygen atoms in total. The molecule has 1 N–H and O–H groups in total. The summed E-state index contributed by atoms with van der Waals surface area (Å²) in [7, 11) is 0. The highest BCUT2D eigenvalue weighted by atomic mass is 16.6. The van der Waals surface area contributed by atoms with E-state index < -0.39 is 5.60 Å². The predicted octanol–water partition coefficient (Wildman–Crippen LogP) is 3.94. The molecule has 1 unspecified atom stereocenters. The molecule has 22 heavy (non-hydrogen) atoms.